The number of nitrogens with zero attached hydrogens (tertiary/aromatic N) is 4. The third-order valence-corrected chi connectivity index (χ3v) is 4.32. The Kier molecular flexibility index (Phi) is 4.50. The molecule has 4 nitrogen and oxygen atoms in total. The summed E-state index contributed by atoms with van der Waals surface area (Å²) in [4.78, 5) is 9.02. The summed E-state index contributed by atoms with van der Waals surface area (Å²) in [6.07, 6.45) is 3.92. The predicted octanol–water partition coefficient (Wildman–Crippen LogP) is 3.92. The molecule has 0 saturated carbocycles. The van der Waals surface area contributed by atoms with E-state index in [1.807, 2.05) is 22.9 Å². The third-order valence-electron chi connectivity index (χ3n) is 3.31. The molecule has 0 aliphatic carbocycles. The maximum Gasteiger partial charge on any atom is 0.186 e. The van der Waals surface area contributed by atoms with E-state index in [1.165, 1.54) is 5.39 Å². The van der Waals surface area contributed by atoms with Gasteiger partial charge in [0.1, 0.15) is 6.33 Å². The fourth-order valence-corrected chi connectivity index (χ4v) is 3.00. The van der Waals surface area contributed by atoms with Crippen molar-refractivity contribution in [2.24, 2.45) is 0 Å². The summed E-state index contributed by atoms with van der Waals surface area (Å²) in [7, 11) is 0. The molecule has 2 aromatic heterocycles. The summed E-state index contributed by atoms with van der Waals surface area (Å²) < 4.78 is 1.98. The van der Waals surface area contributed by atoms with E-state index in [9.17, 15) is 0 Å². The average Bonchev–Trinajstić information content (AvgIpc) is 2.98. The van der Waals surface area contributed by atoms with Crippen molar-refractivity contribution in [3.63, 3.8) is 0 Å². The summed E-state index contributed by atoms with van der Waals surface area (Å²) in [6, 6.07) is 12.4. The van der Waals surface area contributed by atoms with Gasteiger partial charge in [0.2, 0.25) is 0 Å². The van der Waals surface area contributed by atoms with Crippen molar-refractivity contribution in [1.82, 2.24) is 19.7 Å². The first kappa shape index (κ1) is 14.1. The highest BCUT2D eigenvalue weighted by Gasteiger charge is 2.06. The lowest BCUT2D eigenvalue weighted by Gasteiger charge is -2.05. The van der Waals surface area contributed by atoms with Crippen LogP contribution in [0.15, 0.2) is 47.9 Å². The van der Waals surface area contributed by atoms with Crippen LogP contribution in [0.5, 0.6) is 0 Å². The lowest BCUT2D eigenvalue weighted by molar-refractivity contribution is 0.527. The Bertz CT molecular complexity index is 723. The maximum absolute atomic E-state index is 4.69. The molecule has 0 bridgehead atoms. The highest BCUT2D eigenvalue weighted by atomic mass is 32.2. The number of rotatable bonds is 6. The summed E-state index contributed by atoms with van der Waals surface area (Å²) in [5, 5.41) is 6.43. The van der Waals surface area contributed by atoms with Crippen LogP contribution in [0.2, 0.25) is 0 Å². The van der Waals surface area contributed by atoms with Gasteiger partial charge in [-0.25, -0.2) is 9.67 Å². The van der Waals surface area contributed by atoms with Gasteiger partial charge in [-0.15, -0.1) is 0 Å². The van der Waals surface area contributed by atoms with Gasteiger partial charge < -0.3 is 0 Å². The first-order valence-electron chi connectivity index (χ1n) is 7.22. The molecule has 21 heavy (non-hydrogen) atoms. The number of aryl methyl sites for hydroxylation is 1. The van der Waals surface area contributed by atoms with Crippen molar-refractivity contribution in [3.8, 4) is 0 Å². The van der Waals surface area contributed by atoms with Crippen LogP contribution in [0.25, 0.3) is 10.9 Å². The number of thioether (sulfide) groups is 1. The molecule has 2 heterocycles. The first-order valence-corrected chi connectivity index (χ1v) is 8.20. The number of hydrogen-bond acceptors (Lipinski definition) is 4. The highest BCUT2D eigenvalue weighted by Crippen LogP contribution is 2.21. The SMILES string of the molecule is CCCCn1ncnc1SCc1ccc2ccccc2n1. The number of fused-ring (bicyclic) bond motifs is 1. The zero-order chi connectivity index (χ0) is 14.5. The van der Waals surface area contributed by atoms with Crippen molar-refractivity contribution in [3.05, 3.63) is 48.4 Å². The Balaban J connectivity index is 1.70. The van der Waals surface area contributed by atoms with E-state index in [4.69, 9.17) is 0 Å². The molecule has 3 rings (SSSR count). The van der Waals surface area contributed by atoms with Gasteiger partial charge in [-0.3, -0.25) is 4.98 Å². The summed E-state index contributed by atoms with van der Waals surface area (Å²) in [5.74, 6) is 0.815. The number of pyridine rings is 1. The number of aromatic nitrogens is 4. The molecule has 0 unspecified atom stereocenters. The first-order chi connectivity index (χ1) is 10.4. The van der Waals surface area contributed by atoms with Crippen molar-refractivity contribution in [2.75, 3.05) is 0 Å². The molecule has 5 heteroatoms. The fourth-order valence-electron chi connectivity index (χ4n) is 2.15. The fraction of sp³-hybridized carbons (Fsp3) is 0.312. The van der Waals surface area contributed by atoms with E-state index < -0.39 is 0 Å². The van der Waals surface area contributed by atoms with Crippen LogP contribution in [0, 0.1) is 0 Å². The number of hydrogen-bond donors (Lipinski definition) is 0. The van der Waals surface area contributed by atoms with Crippen LogP contribution < -0.4 is 0 Å². The molecule has 0 N–H and O–H groups in total. The summed E-state index contributed by atoms with van der Waals surface area (Å²) >= 11 is 1.69. The molecule has 0 fully saturated rings. The topological polar surface area (TPSA) is 43.6 Å². The van der Waals surface area contributed by atoms with Crippen molar-refractivity contribution >= 4 is 22.7 Å². The normalized spacial score (nSPS) is 11.1. The van der Waals surface area contributed by atoms with Gasteiger partial charge in [0.05, 0.1) is 11.2 Å². The van der Waals surface area contributed by atoms with Crippen LogP contribution in [0.3, 0.4) is 0 Å². The Labute approximate surface area is 128 Å². The van der Waals surface area contributed by atoms with Gasteiger partial charge in [0, 0.05) is 17.7 Å². The zero-order valence-electron chi connectivity index (χ0n) is 12.1. The minimum absolute atomic E-state index is 0.815. The monoisotopic (exact) mass is 298 g/mol. The molecule has 0 atom stereocenters. The van der Waals surface area contributed by atoms with Crippen LogP contribution in [-0.2, 0) is 12.3 Å². The molecule has 0 aliphatic rings. The van der Waals surface area contributed by atoms with Gasteiger partial charge in [0.15, 0.2) is 5.16 Å². The Morgan fingerprint density at radius 3 is 2.95 bits per heavy atom. The lowest BCUT2D eigenvalue weighted by atomic mass is 10.2. The highest BCUT2D eigenvalue weighted by molar-refractivity contribution is 7.98. The smallest absolute Gasteiger partial charge is 0.186 e. The van der Waals surface area contributed by atoms with E-state index in [1.54, 1.807) is 18.1 Å². The minimum atomic E-state index is 0.815. The Morgan fingerprint density at radius 1 is 1.14 bits per heavy atom. The molecular formula is C16H18N4S. The lowest BCUT2D eigenvalue weighted by Crippen LogP contribution is -2.02. The molecule has 3 aromatic rings. The Morgan fingerprint density at radius 2 is 2.05 bits per heavy atom. The number of unbranched alkanes of at least 4 members (excludes halogenated alkanes) is 1. The van der Waals surface area contributed by atoms with E-state index >= 15 is 0 Å². The molecular weight excluding hydrogens is 280 g/mol. The van der Waals surface area contributed by atoms with E-state index in [2.05, 4.69) is 40.2 Å². The molecule has 0 aliphatic heterocycles. The molecule has 0 amide bonds. The van der Waals surface area contributed by atoms with Crippen molar-refractivity contribution in [2.45, 2.75) is 37.2 Å². The molecule has 1 aromatic carbocycles. The van der Waals surface area contributed by atoms with Crippen LogP contribution in [0.4, 0.5) is 0 Å². The second-order valence-corrected chi connectivity index (χ2v) is 5.85. The predicted molar refractivity (Wildman–Crippen MR) is 86.2 cm³/mol. The third kappa shape index (κ3) is 3.42. The molecule has 0 spiro atoms. The van der Waals surface area contributed by atoms with Gasteiger partial charge in [-0.05, 0) is 18.6 Å². The number of benzene rings is 1. The maximum atomic E-state index is 4.69. The summed E-state index contributed by atoms with van der Waals surface area (Å²) in [5.41, 5.74) is 2.12. The average molecular weight is 298 g/mol. The van der Waals surface area contributed by atoms with E-state index in [0.29, 0.717) is 0 Å². The second-order valence-electron chi connectivity index (χ2n) is 4.90. The standard InChI is InChI=1S/C16H18N4S/c1-2-3-10-20-16(17-12-18-20)21-11-14-9-8-13-6-4-5-7-15(13)19-14/h4-9,12H,2-3,10-11H2,1H3. The van der Waals surface area contributed by atoms with Crippen molar-refractivity contribution < 1.29 is 0 Å². The van der Waals surface area contributed by atoms with Gasteiger partial charge in [-0.2, -0.15) is 5.10 Å². The quantitative estimate of drug-likeness (QED) is 0.647. The van der Waals surface area contributed by atoms with Gasteiger partial charge in [0.25, 0.3) is 0 Å². The van der Waals surface area contributed by atoms with Crippen LogP contribution in [0.1, 0.15) is 25.5 Å². The second kappa shape index (κ2) is 6.72. The van der Waals surface area contributed by atoms with Crippen LogP contribution >= 0.6 is 11.8 Å². The largest absolute Gasteiger partial charge is 0.252 e. The molecule has 0 saturated heterocycles. The Hall–Kier alpha value is -1.88. The van der Waals surface area contributed by atoms with Gasteiger partial charge in [-0.1, -0.05) is 49.4 Å². The molecule has 108 valence electrons. The van der Waals surface area contributed by atoms with E-state index in [0.717, 1.165) is 41.5 Å². The van der Waals surface area contributed by atoms with Crippen LogP contribution in [-0.4, -0.2) is 19.7 Å². The number of para-hydroxylation sites is 1. The minimum Gasteiger partial charge on any atom is -0.252 e. The van der Waals surface area contributed by atoms with Gasteiger partial charge >= 0.3 is 0 Å². The molecule has 0 radical (unpaired) electrons. The van der Waals surface area contributed by atoms with Crippen molar-refractivity contribution in [1.29, 1.82) is 0 Å². The zero-order valence-corrected chi connectivity index (χ0v) is 12.9. The summed E-state index contributed by atoms with van der Waals surface area (Å²) in [6.45, 7) is 3.12. The van der Waals surface area contributed by atoms with E-state index in [-0.39, 0.29) is 0 Å².